The van der Waals surface area contributed by atoms with Gasteiger partial charge in [0.05, 0.1) is 11.4 Å². The third kappa shape index (κ3) is 3.57. The van der Waals surface area contributed by atoms with Gasteiger partial charge in [0, 0.05) is 24.7 Å². The van der Waals surface area contributed by atoms with Gasteiger partial charge in [0.2, 0.25) is 0 Å². The highest BCUT2D eigenvalue weighted by molar-refractivity contribution is 8.18. The number of hydrogen-bond donors (Lipinski definition) is 1. The van der Waals surface area contributed by atoms with Crippen LogP contribution in [0.1, 0.15) is 12.0 Å². The fraction of sp³-hybridized carbons (Fsp3) is 0.211. The highest BCUT2D eigenvalue weighted by atomic mass is 32.2. The fourth-order valence-electron chi connectivity index (χ4n) is 3.02. The van der Waals surface area contributed by atoms with E-state index in [1.165, 1.54) is 0 Å². The quantitative estimate of drug-likeness (QED) is 0.838. The van der Waals surface area contributed by atoms with Gasteiger partial charge >= 0.3 is 0 Å². The van der Waals surface area contributed by atoms with Gasteiger partial charge in [0.1, 0.15) is 17.7 Å². The van der Waals surface area contributed by atoms with E-state index in [1.807, 2.05) is 42.5 Å². The van der Waals surface area contributed by atoms with Crippen molar-refractivity contribution in [2.75, 3.05) is 18.0 Å². The lowest BCUT2D eigenvalue weighted by atomic mass is 10.1. The molecule has 2 aromatic rings. The van der Waals surface area contributed by atoms with Crippen LogP contribution < -0.4 is 15.0 Å². The van der Waals surface area contributed by atoms with Crippen molar-refractivity contribution in [3.8, 4) is 5.75 Å². The molecule has 3 heterocycles. The van der Waals surface area contributed by atoms with E-state index in [0.717, 1.165) is 42.7 Å². The van der Waals surface area contributed by atoms with E-state index in [1.54, 1.807) is 12.3 Å². The summed E-state index contributed by atoms with van der Waals surface area (Å²) in [5.74, 6) is 1.30. The fourth-order valence-corrected chi connectivity index (χ4v) is 3.70. The number of carbonyl (C=O) groups excluding carboxylic acids is 2. The number of imide groups is 1. The molecule has 26 heavy (non-hydrogen) atoms. The van der Waals surface area contributed by atoms with E-state index >= 15 is 0 Å². The molecular weight excluding hydrogens is 350 g/mol. The number of ether oxygens (including phenoxy) is 1. The molecule has 1 aromatic heterocycles. The first-order chi connectivity index (χ1) is 12.7. The lowest BCUT2D eigenvalue weighted by Gasteiger charge is -2.18. The van der Waals surface area contributed by atoms with Crippen LogP contribution in [-0.2, 0) is 4.79 Å². The van der Waals surface area contributed by atoms with Crippen molar-refractivity contribution >= 4 is 34.8 Å². The number of aromatic nitrogens is 1. The van der Waals surface area contributed by atoms with Crippen LogP contribution in [0.5, 0.6) is 5.75 Å². The summed E-state index contributed by atoms with van der Waals surface area (Å²) in [4.78, 5) is 30.1. The zero-order chi connectivity index (χ0) is 17.9. The van der Waals surface area contributed by atoms with Gasteiger partial charge in [-0.05, 0) is 36.0 Å². The molecule has 2 aliphatic heterocycles. The van der Waals surface area contributed by atoms with Gasteiger partial charge in [-0.1, -0.05) is 24.3 Å². The van der Waals surface area contributed by atoms with Crippen LogP contribution >= 0.6 is 11.8 Å². The second-order valence-electron chi connectivity index (χ2n) is 6.05. The van der Waals surface area contributed by atoms with Crippen LogP contribution in [0.4, 0.5) is 10.6 Å². The molecule has 6 nitrogen and oxygen atoms in total. The number of pyridine rings is 1. The van der Waals surface area contributed by atoms with Crippen molar-refractivity contribution in [2.45, 2.75) is 12.5 Å². The predicted molar refractivity (Wildman–Crippen MR) is 101 cm³/mol. The number of amides is 2. The minimum atomic E-state index is -0.364. The summed E-state index contributed by atoms with van der Waals surface area (Å²) in [7, 11) is 0. The zero-order valence-electron chi connectivity index (χ0n) is 13.9. The number of nitrogens with one attached hydrogen (secondary N) is 1. The van der Waals surface area contributed by atoms with Gasteiger partial charge in [-0.15, -0.1) is 0 Å². The van der Waals surface area contributed by atoms with Crippen molar-refractivity contribution in [3.05, 3.63) is 59.1 Å². The first kappa shape index (κ1) is 16.7. The van der Waals surface area contributed by atoms with E-state index in [0.29, 0.717) is 10.7 Å². The summed E-state index contributed by atoms with van der Waals surface area (Å²) in [6.45, 7) is 1.65. The van der Waals surface area contributed by atoms with Crippen LogP contribution in [0.2, 0.25) is 0 Å². The molecule has 132 valence electrons. The van der Waals surface area contributed by atoms with E-state index in [2.05, 4.69) is 15.2 Å². The molecule has 1 unspecified atom stereocenters. The van der Waals surface area contributed by atoms with E-state index in [4.69, 9.17) is 4.74 Å². The molecule has 0 radical (unpaired) electrons. The molecule has 2 amide bonds. The van der Waals surface area contributed by atoms with Crippen LogP contribution in [0.3, 0.4) is 0 Å². The van der Waals surface area contributed by atoms with Crippen molar-refractivity contribution in [1.29, 1.82) is 0 Å². The average Bonchev–Trinajstić information content (AvgIpc) is 3.24. The normalized spacial score (nSPS) is 21.3. The minimum Gasteiger partial charge on any atom is -0.488 e. The molecule has 1 N–H and O–H groups in total. The largest absolute Gasteiger partial charge is 0.488 e. The van der Waals surface area contributed by atoms with Crippen molar-refractivity contribution in [2.24, 2.45) is 0 Å². The minimum absolute atomic E-state index is 0.0447. The molecule has 2 saturated heterocycles. The van der Waals surface area contributed by atoms with E-state index < -0.39 is 0 Å². The Bertz CT molecular complexity index is 869. The molecule has 4 rings (SSSR count). The second-order valence-corrected chi connectivity index (χ2v) is 7.07. The lowest BCUT2D eigenvalue weighted by Crippen LogP contribution is -2.25. The summed E-state index contributed by atoms with van der Waals surface area (Å²) >= 11 is 0.907. The summed E-state index contributed by atoms with van der Waals surface area (Å²) < 4.78 is 6.19. The monoisotopic (exact) mass is 367 g/mol. The van der Waals surface area contributed by atoms with Gasteiger partial charge in [-0.2, -0.15) is 0 Å². The topological polar surface area (TPSA) is 71.5 Å². The average molecular weight is 367 g/mol. The molecule has 2 fully saturated rings. The third-order valence-electron chi connectivity index (χ3n) is 4.26. The highest BCUT2D eigenvalue weighted by Crippen LogP contribution is 2.30. The molecule has 2 aliphatic rings. The summed E-state index contributed by atoms with van der Waals surface area (Å²) in [5, 5.41) is 1.92. The number of carbonyl (C=O) groups is 2. The Hall–Kier alpha value is -2.80. The molecule has 7 heteroatoms. The predicted octanol–water partition coefficient (Wildman–Crippen LogP) is 3.06. The lowest BCUT2D eigenvalue weighted by molar-refractivity contribution is -0.115. The number of thioether (sulfide) groups is 1. The first-order valence-corrected chi connectivity index (χ1v) is 9.17. The third-order valence-corrected chi connectivity index (χ3v) is 5.07. The summed E-state index contributed by atoms with van der Waals surface area (Å²) in [5.41, 5.74) is 0.788. The number of benzene rings is 1. The van der Waals surface area contributed by atoms with Gasteiger partial charge in [0.25, 0.3) is 11.1 Å². The maximum atomic E-state index is 11.8. The van der Waals surface area contributed by atoms with Crippen LogP contribution in [0.25, 0.3) is 6.08 Å². The number of para-hydroxylation sites is 1. The molecule has 0 spiro atoms. The maximum Gasteiger partial charge on any atom is 0.290 e. The molecule has 0 saturated carbocycles. The number of nitrogens with zero attached hydrogens (tertiary/aromatic N) is 2. The van der Waals surface area contributed by atoms with Crippen LogP contribution in [-0.4, -0.2) is 35.3 Å². The van der Waals surface area contributed by atoms with Crippen molar-refractivity contribution in [3.63, 3.8) is 0 Å². The maximum absolute atomic E-state index is 11.8. The Kier molecular flexibility index (Phi) is 4.62. The van der Waals surface area contributed by atoms with Gasteiger partial charge in [-0.3, -0.25) is 14.9 Å². The van der Waals surface area contributed by atoms with Crippen LogP contribution in [0.15, 0.2) is 53.6 Å². The second kappa shape index (κ2) is 7.21. The van der Waals surface area contributed by atoms with Gasteiger partial charge < -0.3 is 9.64 Å². The van der Waals surface area contributed by atoms with Gasteiger partial charge in [-0.25, -0.2) is 4.98 Å². The van der Waals surface area contributed by atoms with Crippen molar-refractivity contribution < 1.29 is 14.3 Å². The van der Waals surface area contributed by atoms with E-state index in [-0.39, 0.29) is 17.3 Å². The molecular formula is C19H17N3O3S. The zero-order valence-corrected chi connectivity index (χ0v) is 14.7. The Labute approximate surface area is 155 Å². The molecule has 1 atom stereocenters. The molecule has 1 aromatic carbocycles. The van der Waals surface area contributed by atoms with Gasteiger partial charge in [0.15, 0.2) is 0 Å². The number of anilines is 1. The van der Waals surface area contributed by atoms with Crippen LogP contribution in [0, 0.1) is 0 Å². The Morgan fingerprint density at radius 1 is 1.19 bits per heavy atom. The first-order valence-electron chi connectivity index (χ1n) is 8.35. The summed E-state index contributed by atoms with van der Waals surface area (Å²) in [6.07, 6.45) is 4.43. The smallest absolute Gasteiger partial charge is 0.290 e. The van der Waals surface area contributed by atoms with Crippen molar-refractivity contribution in [1.82, 2.24) is 10.3 Å². The summed E-state index contributed by atoms with van der Waals surface area (Å²) in [6, 6.07) is 13.4. The molecule has 0 aliphatic carbocycles. The Balaban J connectivity index is 1.49. The number of rotatable bonds is 4. The SMILES string of the molecule is O=C1NC(=O)C(=Cc2ccccc2OC2CCN(c3ccccn3)C2)S1. The number of hydrogen-bond acceptors (Lipinski definition) is 6. The standard InChI is InChI=1S/C19H17N3O3S/c23-18-16(26-19(24)21-18)11-13-5-1-2-6-15(13)25-14-8-10-22(12-14)17-7-3-4-9-20-17/h1-7,9,11,14H,8,10,12H2,(H,21,23,24). The van der Waals surface area contributed by atoms with E-state index in [9.17, 15) is 9.59 Å². The Morgan fingerprint density at radius 2 is 2.04 bits per heavy atom. The molecule has 0 bridgehead atoms. The highest BCUT2D eigenvalue weighted by Gasteiger charge is 2.27. The Morgan fingerprint density at radius 3 is 2.81 bits per heavy atom.